The van der Waals surface area contributed by atoms with Crippen molar-refractivity contribution in [2.75, 3.05) is 6.54 Å². The number of rotatable bonds is 2. The van der Waals surface area contributed by atoms with Crippen LogP contribution in [0.2, 0.25) is 0 Å². The molecule has 1 fully saturated rings. The SMILES string of the molecule is CCc1ncc2c(n1)CN(C(=O)C1CC(=O)N(C(C)(C)C)C1)C2. The second-order valence-corrected chi connectivity index (χ2v) is 7.38. The zero-order valence-corrected chi connectivity index (χ0v) is 14.3. The van der Waals surface area contributed by atoms with E-state index in [-0.39, 0.29) is 23.3 Å². The molecule has 1 aromatic heterocycles. The normalized spacial score (nSPS) is 21.0. The molecule has 0 N–H and O–H groups in total. The average Bonchev–Trinajstić information content (AvgIpc) is 3.08. The zero-order valence-electron chi connectivity index (χ0n) is 14.3. The molecule has 0 saturated carbocycles. The molecular weight excluding hydrogens is 292 g/mol. The highest BCUT2D eigenvalue weighted by Gasteiger charge is 2.41. The van der Waals surface area contributed by atoms with Crippen molar-refractivity contribution in [2.24, 2.45) is 5.92 Å². The molecule has 0 bridgehead atoms. The first-order valence-corrected chi connectivity index (χ1v) is 8.22. The molecule has 2 aliphatic rings. The predicted molar refractivity (Wildman–Crippen MR) is 85.2 cm³/mol. The van der Waals surface area contributed by atoms with Gasteiger partial charge in [-0.25, -0.2) is 9.97 Å². The summed E-state index contributed by atoms with van der Waals surface area (Å²) in [6, 6.07) is 0. The third-order valence-corrected chi connectivity index (χ3v) is 4.62. The first kappa shape index (κ1) is 15.9. The molecular formula is C17H24N4O2. The molecule has 6 heteroatoms. The van der Waals surface area contributed by atoms with Crippen LogP contribution >= 0.6 is 0 Å². The molecule has 1 aromatic rings. The summed E-state index contributed by atoms with van der Waals surface area (Å²) in [6.45, 7) is 9.63. The largest absolute Gasteiger partial charge is 0.337 e. The molecule has 0 aromatic carbocycles. The zero-order chi connectivity index (χ0) is 16.8. The molecule has 124 valence electrons. The van der Waals surface area contributed by atoms with Crippen LogP contribution in [0.25, 0.3) is 0 Å². The van der Waals surface area contributed by atoms with Gasteiger partial charge in [0.25, 0.3) is 0 Å². The van der Waals surface area contributed by atoms with Crippen LogP contribution in [0.1, 0.15) is 51.2 Å². The minimum absolute atomic E-state index is 0.0566. The van der Waals surface area contributed by atoms with E-state index in [1.165, 1.54) is 0 Å². The van der Waals surface area contributed by atoms with Gasteiger partial charge in [-0.1, -0.05) is 6.92 Å². The summed E-state index contributed by atoms with van der Waals surface area (Å²) in [5, 5.41) is 0. The lowest BCUT2D eigenvalue weighted by atomic mass is 10.1. The van der Waals surface area contributed by atoms with E-state index < -0.39 is 0 Å². The molecule has 1 saturated heterocycles. The Bertz CT molecular complexity index is 650. The second kappa shape index (κ2) is 5.58. The van der Waals surface area contributed by atoms with Gasteiger partial charge in [-0.05, 0) is 20.8 Å². The van der Waals surface area contributed by atoms with E-state index in [1.54, 1.807) is 0 Å². The lowest BCUT2D eigenvalue weighted by Gasteiger charge is -2.32. The summed E-state index contributed by atoms with van der Waals surface area (Å²) >= 11 is 0. The Morgan fingerprint density at radius 1 is 1.35 bits per heavy atom. The maximum absolute atomic E-state index is 12.8. The van der Waals surface area contributed by atoms with E-state index in [0.717, 1.165) is 23.5 Å². The number of likely N-dealkylation sites (tertiary alicyclic amines) is 1. The van der Waals surface area contributed by atoms with Crippen molar-refractivity contribution in [1.82, 2.24) is 19.8 Å². The minimum atomic E-state index is -0.241. The summed E-state index contributed by atoms with van der Waals surface area (Å²) in [5.41, 5.74) is 1.73. The molecule has 3 heterocycles. The van der Waals surface area contributed by atoms with Crippen molar-refractivity contribution in [2.45, 2.75) is 59.2 Å². The van der Waals surface area contributed by atoms with Crippen molar-refractivity contribution in [1.29, 1.82) is 0 Å². The summed E-state index contributed by atoms with van der Waals surface area (Å²) in [6.07, 6.45) is 2.93. The van der Waals surface area contributed by atoms with E-state index >= 15 is 0 Å². The van der Waals surface area contributed by atoms with Gasteiger partial charge in [-0.15, -0.1) is 0 Å². The van der Waals surface area contributed by atoms with E-state index in [0.29, 0.717) is 26.1 Å². The Morgan fingerprint density at radius 3 is 2.70 bits per heavy atom. The van der Waals surface area contributed by atoms with Gasteiger partial charge in [-0.2, -0.15) is 0 Å². The van der Waals surface area contributed by atoms with Crippen molar-refractivity contribution < 1.29 is 9.59 Å². The van der Waals surface area contributed by atoms with Crippen molar-refractivity contribution >= 4 is 11.8 Å². The number of carbonyl (C=O) groups excluding carboxylic acids is 2. The van der Waals surface area contributed by atoms with Crippen molar-refractivity contribution in [3.8, 4) is 0 Å². The maximum atomic E-state index is 12.8. The van der Waals surface area contributed by atoms with Gasteiger partial charge in [0.2, 0.25) is 11.8 Å². The van der Waals surface area contributed by atoms with Gasteiger partial charge < -0.3 is 9.80 Å². The number of fused-ring (bicyclic) bond motifs is 1. The first-order valence-electron chi connectivity index (χ1n) is 8.22. The Morgan fingerprint density at radius 2 is 2.09 bits per heavy atom. The number of hydrogen-bond donors (Lipinski definition) is 0. The van der Waals surface area contributed by atoms with E-state index in [9.17, 15) is 9.59 Å². The third kappa shape index (κ3) is 2.94. The highest BCUT2D eigenvalue weighted by atomic mass is 16.2. The van der Waals surface area contributed by atoms with Crippen LogP contribution in [0.4, 0.5) is 0 Å². The molecule has 23 heavy (non-hydrogen) atoms. The van der Waals surface area contributed by atoms with Crippen molar-refractivity contribution in [3.05, 3.63) is 23.3 Å². The smallest absolute Gasteiger partial charge is 0.228 e. The summed E-state index contributed by atoms with van der Waals surface area (Å²) in [7, 11) is 0. The van der Waals surface area contributed by atoms with E-state index in [2.05, 4.69) is 9.97 Å². The van der Waals surface area contributed by atoms with Crippen LogP contribution in [-0.4, -0.2) is 43.7 Å². The summed E-state index contributed by atoms with van der Waals surface area (Å²) in [4.78, 5) is 37.4. The topological polar surface area (TPSA) is 66.4 Å². The van der Waals surface area contributed by atoms with Crippen LogP contribution < -0.4 is 0 Å². The minimum Gasteiger partial charge on any atom is -0.337 e. The van der Waals surface area contributed by atoms with Gasteiger partial charge in [0.1, 0.15) is 5.82 Å². The molecule has 0 aliphatic carbocycles. The lowest BCUT2D eigenvalue weighted by molar-refractivity contribution is -0.136. The van der Waals surface area contributed by atoms with Crippen molar-refractivity contribution in [3.63, 3.8) is 0 Å². The summed E-state index contributed by atoms with van der Waals surface area (Å²) < 4.78 is 0. The fourth-order valence-corrected chi connectivity index (χ4v) is 3.30. The van der Waals surface area contributed by atoms with E-state index in [1.807, 2.05) is 43.7 Å². The number of aryl methyl sites for hydroxylation is 1. The van der Waals surface area contributed by atoms with Crippen LogP contribution in [0, 0.1) is 5.92 Å². The number of nitrogens with zero attached hydrogens (tertiary/aromatic N) is 4. The monoisotopic (exact) mass is 316 g/mol. The molecule has 3 rings (SSSR count). The van der Waals surface area contributed by atoms with Gasteiger partial charge in [-0.3, -0.25) is 9.59 Å². The number of carbonyl (C=O) groups is 2. The van der Waals surface area contributed by atoms with Gasteiger partial charge in [0, 0.05) is 43.2 Å². The fourth-order valence-electron chi connectivity index (χ4n) is 3.30. The average molecular weight is 316 g/mol. The number of aromatic nitrogens is 2. The lowest BCUT2D eigenvalue weighted by Crippen LogP contribution is -2.43. The molecule has 1 unspecified atom stereocenters. The van der Waals surface area contributed by atoms with Gasteiger partial charge >= 0.3 is 0 Å². The number of amides is 2. The van der Waals surface area contributed by atoms with Crippen LogP contribution in [0.5, 0.6) is 0 Å². The standard InChI is InChI=1S/C17H24N4O2/c1-5-14-18-7-12-8-20(10-13(12)19-14)16(23)11-6-15(22)21(9-11)17(2,3)4/h7,11H,5-6,8-10H2,1-4H3. The molecule has 6 nitrogen and oxygen atoms in total. The number of hydrogen-bond acceptors (Lipinski definition) is 4. The predicted octanol–water partition coefficient (Wildman–Crippen LogP) is 1.53. The third-order valence-electron chi connectivity index (χ3n) is 4.62. The highest BCUT2D eigenvalue weighted by Crippen LogP contribution is 2.29. The summed E-state index contributed by atoms with van der Waals surface area (Å²) in [5.74, 6) is 0.699. The molecule has 2 aliphatic heterocycles. The fraction of sp³-hybridized carbons (Fsp3) is 0.647. The quantitative estimate of drug-likeness (QED) is 0.830. The molecule has 0 spiro atoms. The maximum Gasteiger partial charge on any atom is 0.228 e. The van der Waals surface area contributed by atoms with Gasteiger partial charge in [0.05, 0.1) is 18.2 Å². The Hall–Kier alpha value is -1.98. The molecule has 1 atom stereocenters. The Labute approximate surface area is 136 Å². The van der Waals surface area contributed by atoms with Crippen LogP contribution in [0.3, 0.4) is 0 Å². The first-order chi connectivity index (χ1) is 10.8. The Balaban J connectivity index is 1.70. The molecule has 2 amide bonds. The van der Waals surface area contributed by atoms with E-state index in [4.69, 9.17) is 0 Å². The van der Waals surface area contributed by atoms with Crippen LogP contribution in [-0.2, 0) is 29.1 Å². The van der Waals surface area contributed by atoms with Gasteiger partial charge in [0.15, 0.2) is 0 Å². The molecule has 0 radical (unpaired) electrons. The van der Waals surface area contributed by atoms with Crippen LogP contribution in [0.15, 0.2) is 6.20 Å². The second-order valence-electron chi connectivity index (χ2n) is 7.38. The highest BCUT2D eigenvalue weighted by molar-refractivity contribution is 5.89. The Kier molecular flexibility index (Phi) is 3.86.